The predicted molar refractivity (Wildman–Crippen MR) is 68.5 cm³/mol. The Bertz CT molecular complexity index is 294. The van der Waals surface area contributed by atoms with Gasteiger partial charge < -0.3 is 10.1 Å². The van der Waals surface area contributed by atoms with Crippen molar-refractivity contribution in [3.05, 3.63) is 0 Å². The van der Waals surface area contributed by atoms with Crippen LogP contribution >= 0.6 is 0 Å². The second-order valence-corrected chi connectivity index (χ2v) is 6.56. The van der Waals surface area contributed by atoms with Crippen molar-refractivity contribution in [2.24, 2.45) is 0 Å². The van der Waals surface area contributed by atoms with Gasteiger partial charge in [0.1, 0.15) is 0 Å². The Labute approximate surface area is 104 Å². The zero-order chi connectivity index (χ0) is 12.7. The molecular formula is C11H24N2O3S. The molecule has 0 bridgehead atoms. The van der Waals surface area contributed by atoms with Gasteiger partial charge in [-0.3, -0.25) is 0 Å². The second kappa shape index (κ2) is 7.31. The van der Waals surface area contributed by atoms with Gasteiger partial charge in [-0.25, -0.2) is 13.1 Å². The summed E-state index contributed by atoms with van der Waals surface area (Å²) in [4.78, 5) is 0. The van der Waals surface area contributed by atoms with Crippen LogP contribution in [0.5, 0.6) is 0 Å². The molecule has 1 saturated heterocycles. The second-order valence-electron chi connectivity index (χ2n) is 4.57. The van der Waals surface area contributed by atoms with Crippen molar-refractivity contribution in [2.75, 3.05) is 26.8 Å². The fraction of sp³-hybridized carbons (Fsp3) is 1.00. The molecule has 1 rings (SSSR count). The number of hydrogen-bond acceptors (Lipinski definition) is 4. The maximum atomic E-state index is 12.1. The molecule has 0 aromatic rings. The van der Waals surface area contributed by atoms with Crippen molar-refractivity contribution in [3.8, 4) is 0 Å². The molecule has 1 fully saturated rings. The summed E-state index contributed by atoms with van der Waals surface area (Å²) in [5, 5.41) is 2.83. The highest BCUT2D eigenvalue weighted by molar-refractivity contribution is 7.90. The highest BCUT2D eigenvalue weighted by Gasteiger charge is 2.28. The van der Waals surface area contributed by atoms with Gasteiger partial charge in [0.15, 0.2) is 0 Å². The van der Waals surface area contributed by atoms with E-state index in [1.165, 1.54) is 0 Å². The average Bonchev–Trinajstić information content (AvgIpc) is 2.30. The fourth-order valence-electron chi connectivity index (χ4n) is 2.14. The minimum Gasteiger partial charge on any atom is -0.383 e. The quantitative estimate of drug-likeness (QED) is 0.701. The van der Waals surface area contributed by atoms with Crippen molar-refractivity contribution in [3.63, 3.8) is 0 Å². The van der Waals surface area contributed by atoms with Crippen molar-refractivity contribution >= 4 is 10.0 Å². The van der Waals surface area contributed by atoms with E-state index in [4.69, 9.17) is 4.74 Å². The lowest BCUT2D eigenvalue weighted by Crippen LogP contribution is -2.48. The minimum absolute atomic E-state index is 0.100. The summed E-state index contributed by atoms with van der Waals surface area (Å²) in [5.41, 5.74) is 0. The summed E-state index contributed by atoms with van der Waals surface area (Å²) in [5.74, 6) is 0. The van der Waals surface area contributed by atoms with Crippen LogP contribution in [-0.4, -0.2) is 46.5 Å². The molecule has 1 aliphatic rings. The van der Waals surface area contributed by atoms with E-state index in [-0.39, 0.29) is 11.3 Å². The molecule has 2 atom stereocenters. The van der Waals surface area contributed by atoms with Gasteiger partial charge in [-0.05, 0) is 25.8 Å². The standard InChI is InChI=1S/C11H24N2O3S/c1-3-5-10(9-16-2)13-17(14,15)11-6-4-7-12-8-11/h10-13H,3-9H2,1-2H3. The van der Waals surface area contributed by atoms with Crippen LogP contribution in [0.3, 0.4) is 0 Å². The average molecular weight is 264 g/mol. The molecule has 0 aliphatic carbocycles. The van der Waals surface area contributed by atoms with Crippen LogP contribution in [0.1, 0.15) is 32.6 Å². The molecule has 102 valence electrons. The van der Waals surface area contributed by atoms with E-state index in [9.17, 15) is 8.42 Å². The minimum atomic E-state index is -3.22. The van der Waals surface area contributed by atoms with Crippen LogP contribution in [0.15, 0.2) is 0 Å². The number of hydrogen-bond donors (Lipinski definition) is 2. The molecular weight excluding hydrogens is 240 g/mol. The Hall–Kier alpha value is -0.170. The van der Waals surface area contributed by atoms with Crippen LogP contribution in [0.2, 0.25) is 0 Å². The molecule has 17 heavy (non-hydrogen) atoms. The van der Waals surface area contributed by atoms with E-state index < -0.39 is 10.0 Å². The number of methoxy groups -OCH3 is 1. The molecule has 0 spiro atoms. The van der Waals surface area contributed by atoms with E-state index in [1.807, 2.05) is 6.92 Å². The molecule has 6 heteroatoms. The highest BCUT2D eigenvalue weighted by Crippen LogP contribution is 2.12. The van der Waals surface area contributed by atoms with E-state index in [0.717, 1.165) is 32.2 Å². The number of nitrogens with one attached hydrogen (secondary N) is 2. The Morgan fingerprint density at radius 1 is 1.53 bits per heavy atom. The van der Waals surface area contributed by atoms with Crippen molar-refractivity contribution in [1.82, 2.24) is 10.0 Å². The summed E-state index contributed by atoms with van der Waals surface area (Å²) >= 11 is 0. The van der Waals surface area contributed by atoms with E-state index in [1.54, 1.807) is 7.11 Å². The van der Waals surface area contributed by atoms with Crippen molar-refractivity contribution < 1.29 is 13.2 Å². The lowest BCUT2D eigenvalue weighted by Gasteiger charge is -2.26. The predicted octanol–water partition coefficient (Wildman–Crippen LogP) is 0.473. The summed E-state index contributed by atoms with van der Waals surface area (Å²) < 4.78 is 32.1. The number of ether oxygens (including phenoxy) is 1. The van der Waals surface area contributed by atoms with Crippen LogP contribution in [0, 0.1) is 0 Å². The maximum absolute atomic E-state index is 12.1. The summed E-state index contributed by atoms with van der Waals surface area (Å²) in [6, 6.07) is -0.100. The Morgan fingerprint density at radius 2 is 2.29 bits per heavy atom. The zero-order valence-electron chi connectivity index (χ0n) is 10.7. The third kappa shape index (κ3) is 4.91. The molecule has 2 N–H and O–H groups in total. The topological polar surface area (TPSA) is 67.4 Å². The van der Waals surface area contributed by atoms with E-state index in [2.05, 4.69) is 10.0 Å². The summed E-state index contributed by atoms with van der Waals surface area (Å²) in [7, 11) is -1.62. The summed E-state index contributed by atoms with van der Waals surface area (Å²) in [6.45, 7) is 3.95. The first-order chi connectivity index (χ1) is 8.10. The molecule has 1 heterocycles. The number of piperidine rings is 1. The SMILES string of the molecule is CCCC(COC)NS(=O)(=O)C1CCCNC1. The van der Waals surface area contributed by atoms with Crippen LogP contribution < -0.4 is 10.0 Å². The Morgan fingerprint density at radius 3 is 2.82 bits per heavy atom. The van der Waals surface area contributed by atoms with Gasteiger partial charge in [-0.15, -0.1) is 0 Å². The van der Waals surface area contributed by atoms with Gasteiger partial charge in [-0.2, -0.15) is 0 Å². The normalized spacial score (nSPS) is 23.5. The monoisotopic (exact) mass is 264 g/mol. The first kappa shape index (κ1) is 14.9. The molecule has 5 nitrogen and oxygen atoms in total. The highest BCUT2D eigenvalue weighted by atomic mass is 32.2. The number of sulfonamides is 1. The van der Waals surface area contributed by atoms with Gasteiger partial charge in [0.05, 0.1) is 11.9 Å². The van der Waals surface area contributed by atoms with Crippen molar-refractivity contribution in [2.45, 2.75) is 43.9 Å². The molecule has 0 aromatic carbocycles. The molecule has 2 unspecified atom stereocenters. The van der Waals surface area contributed by atoms with Gasteiger partial charge in [0.25, 0.3) is 0 Å². The maximum Gasteiger partial charge on any atom is 0.216 e. The summed E-state index contributed by atoms with van der Waals surface area (Å²) in [6.07, 6.45) is 3.43. The van der Waals surface area contributed by atoms with Gasteiger partial charge in [-0.1, -0.05) is 13.3 Å². The van der Waals surface area contributed by atoms with E-state index in [0.29, 0.717) is 13.2 Å². The lowest BCUT2D eigenvalue weighted by atomic mass is 10.2. The molecule has 1 aliphatic heterocycles. The largest absolute Gasteiger partial charge is 0.383 e. The lowest BCUT2D eigenvalue weighted by molar-refractivity contribution is 0.170. The van der Waals surface area contributed by atoms with E-state index >= 15 is 0 Å². The molecule has 0 saturated carbocycles. The van der Waals surface area contributed by atoms with Crippen molar-refractivity contribution in [1.29, 1.82) is 0 Å². The first-order valence-electron chi connectivity index (χ1n) is 6.31. The van der Waals surface area contributed by atoms with Crippen LogP contribution in [0.4, 0.5) is 0 Å². The van der Waals surface area contributed by atoms with Gasteiger partial charge in [0, 0.05) is 19.7 Å². The third-order valence-electron chi connectivity index (χ3n) is 3.03. The van der Waals surface area contributed by atoms with Gasteiger partial charge >= 0.3 is 0 Å². The molecule has 0 amide bonds. The fourth-order valence-corrected chi connectivity index (χ4v) is 3.80. The zero-order valence-corrected chi connectivity index (χ0v) is 11.6. The number of rotatable bonds is 7. The smallest absolute Gasteiger partial charge is 0.216 e. The Balaban J connectivity index is 2.55. The van der Waals surface area contributed by atoms with Crippen LogP contribution in [0.25, 0.3) is 0 Å². The Kier molecular flexibility index (Phi) is 6.40. The van der Waals surface area contributed by atoms with Crippen LogP contribution in [-0.2, 0) is 14.8 Å². The molecule has 0 aromatic heterocycles. The third-order valence-corrected chi connectivity index (χ3v) is 4.97. The first-order valence-corrected chi connectivity index (χ1v) is 7.85. The van der Waals surface area contributed by atoms with Gasteiger partial charge in [0.2, 0.25) is 10.0 Å². The molecule has 0 radical (unpaired) electrons.